The number of nitrogens with zero attached hydrogens (tertiary/aromatic N) is 2. The van der Waals surface area contributed by atoms with Crippen molar-refractivity contribution in [2.24, 2.45) is 0 Å². The van der Waals surface area contributed by atoms with Crippen molar-refractivity contribution < 1.29 is 19.2 Å². The normalized spacial score (nSPS) is 15.6. The third-order valence-corrected chi connectivity index (χ3v) is 5.58. The molecule has 0 aliphatic carbocycles. The van der Waals surface area contributed by atoms with E-state index in [0.29, 0.717) is 17.0 Å². The lowest BCUT2D eigenvalue weighted by Gasteiger charge is -2.24. The number of methoxy groups -OCH3 is 1. The molecule has 10 heteroatoms. The molecule has 1 heterocycles. The molecule has 2 aromatic carbocycles. The molecule has 0 aromatic heterocycles. The summed E-state index contributed by atoms with van der Waals surface area (Å²) in [7, 11) is 1.55. The van der Waals surface area contributed by atoms with Gasteiger partial charge in [0.2, 0.25) is 11.8 Å². The number of ether oxygens (including phenoxy) is 1. The van der Waals surface area contributed by atoms with E-state index in [4.69, 9.17) is 4.74 Å². The van der Waals surface area contributed by atoms with Gasteiger partial charge in [-0.3, -0.25) is 19.7 Å². The predicted molar refractivity (Wildman–Crippen MR) is 115 cm³/mol. The van der Waals surface area contributed by atoms with Gasteiger partial charge < -0.3 is 15.4 Å². The number of nitriles is 1. The van der Waals surface area contributed by atoms with Gasteiger partial charge in [-0.05, 0) is 29.8 Å². The van der Waals surface area contributed by atoms with Crippen molar-refractivity contribution in [1.29, 1.82) is 5.26 Å². The zero-order valence-electron chi connectivity index (χ0n) is 16.5. The highest BCUT2D eigenvalue weighted by molar-refractivity contribution is 8.03. The maximum absolute atomic E-state index is 12.3. The molecule has 0 fully saturated rings. The number of carbonyl (C=O) groups is 2. The number of non-ortho nitro benzene ring substituents is 1. The summed E-state index contributed by atoms with van der Waals surface area (Å²) >= 11 is 1.03. The molecule has 0 saturated heterocycles. The van der Waals surface area contributed by atoms with Crippen LogP contribution in [0.1, 0.15) is 17.9 Å². The van der Waals surface area contributed by atoms with Crippen LogP contribution in [0.2, 0.25) is 0 Å². The van der Waals surface area contributed by atoms with E-state index in [1.54, 1.807) is 37.4 Å². The third-order valence-electron chi connectivity index (χ3n) is 4.56. The molecule has 31 heavy (non-hydrogen) atoms. The van der Waals surface area contributed by atoms with Crippen LogP contribution < -0.4 is 15.4 Å². The molecule has 2 N–H and O–H groups in total. The van der Waals surface area contributed by atoms with Crippen LogP contribution in [-0.4, -0.2) is 29.6 Å². The fourth-order valence-corrected chi connectivity index (χ4v) is 3.96. The van der Waals surface area contributed by atoms with Crippen molar-refractivity contribution in [2.45, 2.75) is 12.3 Å². The molecule has 0 bridgehead atoms. The monoisotopic (exact) mass is 438 g/mol. The summed E-state index contributed by atoms with van der Waals surface area (Å²) in [5.74, 6) is -0.631. The van der Waals surface area contributed by atoms with Gasteiger partial charge in [-0.2, -0.15) is 5.26 Å². The van der Waals surface area contributed by atoms with E-state index in [1.165, 1.54) is 18.2 Å². The SMILES string of the molecule is COc1ccc(NC(=O)CSC2=C(C#N)C(c3cccc([N+](=O)[O-])c3)CC(=O)N2)cc1. The first-order chi connectivity index (χ1) is 14.9. The van der Waals surface area contributed by atoms with Gasteiger partial charge in [0.15, 0.2) is 0 Å². The molecule has 3 rings (SSSR count). The molecule has 2 aromatic rings. The largest absolute Gasteiger partial charge is 0.497 e. The minimum atomic E-state index is -0.620. The van der Waals surface area contributed by atoms with Crippen molar-refractivity contribution in [3.05, 3.63) is 74.8 Å². The van der Waals surface area contributed by atoms with Crippen LogP contribution in [0.5, 0.6) is 5.75 Å². The molecule has 0 radical (unpaired) electrons. The van der Waals surface area contributed by atoms with E-state index in [1.807, 2.05) is 0 Å². The van der Waals surface area contributed by atoms with E-state index < -0.39 is 10.8 Å². The van der Waals surface area contributed by atoms with Gasteiger partial charge in [-0.25, -0.2) is 0 Å². The van der Waals surface area contributed by atoms with Crippen LogP contribution in [0.25, 0.3) is 0 Å². The van der Waals surface area contributed by atoms with E-state index in [9.17, 15) is 25.0 Å². The zero-order chi connectivity index (χ0) is 22.4. The first-order valence-electron chi connectivity index (χ1n) is 9.16. The zero-order valence-corrected chi connectivity index (χ0v) is 17.3. The smallest absolute Gasteiger partial charge is 0.269 e. The highest BCUT2D eigenvalue weighted by atomic mass is 32.2. The Balaban J connectivity index is 1.75. The van der Waals surface area contributed by atoms with Gasteiger partial charge in [0.25, 0.3) is 5.69 Å². The second kappa shape index (κ2) is 9.77. The number of thioether (sulfide) groups is 1. The van der Waals surface area contributed by atoms with Crippen molar-refractivity contribution in [3.8, 4) is 11.8 Å². The number of amides is 2. The number of nitrogens with one attached hydrogen (secondary N) is 2. The highest BCUT2D eigenvalue weighted by Gasteiger charge is 2.30. The lowest BCUT2D eigenvalue weighted by atomic mass is 9.87. The van der Waals surface area contributed by atoms with E-state index >= 15 is 0 Å². The molecule has 0 spiro atoms. The lowest BCUT2D eigenvalue weighted by Crippen LogP contribution is -2.31. The first kappa shape index (κ1) is 21.9. The number of benzene rings is 2. The Kier molecular flexibility index (Phi) is 6.89. The van der Waals surface area contributed by atoms with E-state index in [0.717, 1.165) is 11.8 Å². The number of allylic oxidation sites excluding steroid dienone is 1. The van der Waals surface area contributed by atoms with E-state index in [-0.39, 0.29) is 40.3 Å². The summed E-state index contributed by atoms with van der Waals surface area (Å²) in [5.41, 5.74) is 1.24. The third kappa shape index (κ3) is 5.40. The fourth-order valence-electron chi connectivity index (χ4n) is 3.08. The molecular weight excluding hydrogens is 420 g/mol. The Hall–Kier alpha value is -3.84. The van der Waals surface area contributed by atoms with Crippen LogP contribution >= 0.6 is 11.8 Å². The molecule has 2 amide bonds. The standard InChI is InChI=1S/C21H18N4O5S/c1-30-16-7-5-14(6-8-16)23-20(27)12-31-21-18(11-22)17(10-19(26)24-21)13-3-2-4-15(9-13)25(28)29/h2-9,17H,10,12H2,1H3,(H,23,27)(H,24,26). The summed E-state index contributed by atoms with van der Waals surface area (Å²) in [4.78, 5) is 35.1. The summed E-state index contributed by atoms with van der Waals surface area (Å²) < 4.78 is 5.07. The highest BCUT2D eigenvalue weighted by Crippen LogP contribution is 2.36. The second-order valence-corrected chi connectivity index (χ2v) is 7.56. The minimum absolute atomic E-state index is 0.00777. The Morgan fingerprint density at radius 2 is 2.10 bits per heavy atom. The van der Waals surface area contributed by atoms with Crippen LogP contribution in [-0.2, 0) is 9.59 Å². The quantitative estimate of drug-likeness (QED) is 0.500. The number of hydrogen-bond donors (Lipinski definition) is 2. The molecule has 0 saturated carbocycles. The predicted octanol–water partition coefficient (Wildman–Crippen LogP) is 3.31. The summed E-state index contributed by atoms with van der Waals surface area (Å²) in [6.07, 6.45) is -0.00777. The van der Waals surface area contributed by atoms with Crippen LogP contribution in [0.3, 0.4) is 0 Å². The molecule has 1 aliphatic heterocycles. The topological polar surface area (TPSA) is 134 Å². The van der Waals surface area contributed by atoms with Crippen molar-refractivity contribution in [1.82, 2.24) is 5.32 Å². The molecule has 9 nitrogen and oxygen atoms in total. The first-order valence-corrected chi connectivity index (χ1v) is 10.1. The second-order valence-electron chi connectivity index (χ2n) is 6.58. The number of anilines is 1. The van der Waals surface area contributed by atoms with Gasteiger partial charge in [-0.15, -0.1) is 0 Å². The van der Waals surface area contributed by atoms with Gasteiger partial charge in [0.1, 0.15) is 5.75 Å². The van der Waals surface area contributed by atoms with Gasteiger partial charge in [-0.1, -0.05) is 23.9 Å². The maximum Gasteiger partial charge on any atom is 0.269 e. The van der Waals surface area contributed by atoms with E-state index in [2.05, 4.69) is 16.7 Å². The lowest BCUT2D eigenvalue weighted by molar-refractivity contribution is -0.384. The fraction of sp³-hybridized carbons (Fsp3) is 0.190. The average molecular weight is 438 g/mol. The number of rotatable bonds is 7. The summed E-state index contributed by atoms with van der Waals surface area (Å²) in [5, 5.41) is 26.4. The van der Waals surface area contributed by atoms with Crippen LogP contribution in [0.4, 0.5) is 11.4 Å². The van der Waals surface area contributed by atoms with Gasteiger partial charge in [0.05, 0.1) is 34.5 Å². The molecule has 1 atom stereocenters. The minimum Gasteiger partial charge on any atom is -0.497 e. The summed E-state index contributed by atoms with van der Waals surface area (Å²) in [6, 6.07) is 14.8. The van der Waals surface area contributed by atoms with Gasteiger partial charge in [0, 0.05) is 30.2 Å². The Bertz CT molecular complexity index is 1090. The number of hydrogen-bond acceptors (Lipinski definition) is 7. The van der Waals surface area contributed by atoms with Crippen LogP contribution in [0, 0.1) is 21.4 Å². The van der Waals surface area contributed by atoms with Crippen molar-refractivity contribution in [2.75, 3.05) is 18.2 Å². The Labute approximate surface area is 182 Å². The summed E-state index contributed by atoms with van der Waals surface area (Å²) in [6.45, 7) is 0. The maximum atomic E-state index is 12.3. The number of carbonyl (C=O) groups excluding carboxylic acids is 2. The molecule has 1 unspecified atom stereocenters. The average Bonchev–Trinajstić information content (AvgIpc) is 2.77. The van der Waals surface area contributed by atoms with Crippen LogP contribution in [0.15, 0.2) is 59.1 Å². The molecular formula is C21H18N4O5S. The van der Waals surface area contributed by atoms with Crippen molar-refractivity contribution >= 4 is 35.0 Å². The number of nitro groups is 1. The number of nitro benzene ring substituents is 1. The Morgan fingerprint density at radius 1 is 1.35 bits per heavy atom. The Morgan fingerprint density at radius 3 is 2.74 bits per heavy atom. The molecule has 1 aliphatic rings. The van der Waals surface area contributed by atoms with Crippen molar-refractivity contribution in [3.63, 3.8) is 0 Å². The molecule has 158 valence electrons. The van der Waals surface area contributed by atoms with Gasteiger partial charge >= 0.3 is 0 Å².